The van der Waals surface area contributed by atoms with Crippen molar-refractivity contribution in [2.45, 2.75) is 26.9 Å². The summed E-state index contributed by atoms with van der Waals surface area (Å²) >= 11 is 0. The minimum atomic E-state index is -0.954. The van der Waals surface area contributed by atoms with E-state index in [0.717, 1.165) is 16.7 Å². The van der Waals surface area contributed by atoms with Gasteiger partial charge >= 0.3 is 12.1 Å². The number of amides is 1. The van der Waals surface area contributed by atoms with Crippen LogP contribution in [0.15, 0.2) is 18.2 Å². The Kier molecular flexibility index (Phi) is 5.17. The molecule has 1 rings (SSSR count). The molecule has 0 aromatic heterocycles. The molecule has 0 aliphatic rings. The molecule has 0 aliphatic carbocycles. The van der Waals surface area contributed by atoms with Gasteiger partial charge in [0, 0.05) is 6.54 Å². The number of hydrogen-bond acceptors (Lipinski definition) is 3. The van der Waals surface area contributed by atoms with Crippen molar-refractivity contribution in [2.75, 3.05) is 6.54 Å². The summed E-state index contributed by atoms with van der Waals surface area (Å²) in [7, 11) is 0. The SMILES string of the molecule is Cc1ccc(C)c(COC(=O)NCCC(=O)O)c1. The van der Waals surface area contributed by atoms with Gasteiger partial charge in [0.15, 0.2) is 0 Å². The standard InChI is InChI=1S/C13H17NO4/c1-9-3-4-10(2)11(7-9)8-18-13(17)14-6-5-12(15)16/h3-4,7H,5-6,8H2,1-2H3,(H,14,17)(H,15,16). The average Bonchev–Trinajstić information content (AvgIpc) is 2.30. The Balaban J connectivity index is 2.38. The lowest BCUT2D eigenvalue weighted by Gasteiger charge is -2.09. The van der Waals surface area contributed by atoms with E-state index in [2.05, 4.69) is 5.32 Å². The highest BCUT2D eigenvalue weighted by molar-refractivity contribution is 5.70. The maximum absolute atomic E-state index is 11.3. The molecule has 1 aromatic carbocycles. The lowest BCUT2D eigenvalue weighted by Crippen LogP contribution is -2.26. The van der Waals surface area contributed by atoms with E-state index in [1.54, 1.807) is 0 Å². The first-order valence-electron chi connectivity index (χ1n) is 5.67. The molecule has 1 amide bonds. The van der Waals surface area contributed by atoms with E-state index in [1.807, 2.05) is 32.0 Å². The molecule has 0 saturated carbocycles. The van der Waals surface area contributed by atoms with Crippen molar-refractivity contribution >= 4 is 12.1 Å². The Labute approximate surface area is 106 Å². The largest absolute Gasteiger partial charge is 0.481 e. The van der Waals surface area contributed by atoms with E-state index in [0.29, 0.717) is 0 Å². The van der Waals surface area contributed by atoms with Crippen LogP contribution in [0.4, 0.5) is 4.79 Å². The molecule has 0 saturated heterocycles. The Hall–Kier alpha value is -2.04. The number of alkyl carbamates (subject to hydrolysis) is 1. The molecule has 0 unspecified atom stereocenters. The predicted octanol–water partition coefficient (Wildman–Crippen LogP) is 2.00. The molecule has 0 spiro atoms. The molecule has 0 aliphatic heterocycles. The first kappa shape index (κ1) is 14.0. The van der Waals surface area contributed by atoms with Crippen molar-refractivity contribution in [1.29, 1.82) is 0 Å². The van der Waals surface area contributed by atoms with E-state index < -0.39 is 12.1 Å². The van der Waals surface area contributed by atoms with E-state index >= 15 is 0 Å². The maximum atomic E-state index is 11.3. The van der Waals surface area contributed by atoms with Crippen LogP contribution in [0.5, 0.6) is 0 Å². The first-order valence-corrected chi connectivity index (χ1v) is 5.67. The monoisotopic (exact) mass is 251 g/mol. The second kappa shape index (κ2) is 6.64. The summed E-state index contributed by atoms with van der Waals surface area (Å²) in [5.74, 6) is -0.954. The lowest BCUT2D eigenvalue weighted by molar-refractivity contribution is -0.136. The van der Waals surface area contributed by atoms with Crippen LogP contribution in [0, 0.1) is 13.8 Å². The fourth-order valence-electron chi connectivity index (χ4n) is 1.42. The van der Waals surface area contributed by atoms with Crippen molar-refractivity contribution in [3.63, 3.8) is 0 Å². The number of ether oxygens (including phenoxy) is 1. The summed E-state index contributed by atoms with van der Waals surface area (Å²) in [5.41, 5.74) is 3.10. The van der Waals surface area contributed by atoms with Crippen LogP contribution in [0.3, 0.4) is 0 Å². The quantitative estimate of drug-likeness (QED) is 0.839. The van der Waals surface area contributed by atoms with Gasteiger partial charge in [-0.3, -0.25) is 4.79 Å². The number of carboxylic acid groups (broad SMARTS) is 1. The van der Waals surface area contributed by atoms with Crippen LogP contribution in [0.1, 0.15) is 23.1 Å². The second-order valence-electron chi connectivity index (χ2n) is 4.08. The molecular formula is C13H17NO4. The van der Waals surface area contributed by atoms with Crippen LogP contribution in [0.25, 0.3) is 0 Å². The van der Waals surface area contributed by atoms with E-state index in [1.165, 1.54) is 0 Å². The van der Waals surface area contributed by atoms with Crippen LogP contribution in [-0.4, -0.2) is 23.7 Å². The van der Waals surface area contributed by atoms with Crippen molar-refractivity contribution in [3.05, 3.63) is 34.9 Å². The van der Waals surface area contributed by atoms with Crippen LogP contribution < -0.4 is 5.32 Å². The molecule has 2 N–H and O–H groups in total. The highest BCUT2D eigenvalue weighted by Gasteiger charge is 2.05. The summed E-state index contributed by atoms with van der Waals surface area (Å²) in [4.78, 5) is 21.5. The molecule has 0 radical (unpaired) electrons. The minimum Gasteiger partial charge on any atom is -0.481 e. The molecule has 5 heteroatoms. The van der Waals surface area contributed by atoms with Crippen molar-refractivity contribution in [2.24, 2.45) is 0 Å². The molecular weight excluding hydrogens is 234 g/mol. The average molecular weight is 251 g/mol. The van der Waals surface area contributed by atoms with Gasteiger partial charge in [-0.05, 0) is 25.0 Å². The summed E-state index contributed by atoms with van der Waals surface area (Å²) < 4.78 is 5.00. The highest BCUT2D eigenvalue weighted by atomic mass is 16.5. The molecule has 18 heavy (non-hydrogen) atoms. The lowest BCUT2D eigenvalue weighted by atomic mass is 10.1. The number of nitrogens with one attached hydrogen (secondary N) is 1. The summed E-state index contributed by atoms with van der Waals surface area (Å²) in [6.07, 6.45) is -0.712. The summed E-state index contributed by atoms with van der Waals surface area (Å²) in [6.45, 7) is 4.17. The zero-order valence-corrected chi connectivity index (χ0v) is 10.5. The minimum absolute atomic E-state index is 0.0704. The van der Waals surface area contributed by atoms with E-state index in [-0.39, 0.29) is 19.6 Å². The summed E-state index contributed by atoms with van der Waals surface area (Å²) in [5, 5.41) is 10.8. The van der Waals surface area contributed by atoms with Gasteiger partial charge in [0.1, 0.15) is 6.61 Å². The van der Waals surface area contributed by atoms with Gasteiger partial charge in [0.2, 0.25) is 0 Å². The van der Waals surface area contributed by atoms with Gasteiger partial charge in [-0.2, -0.15) is 0 Å². The zero-order valence-electron chi connectivity index (χ0n) is 10.5. The smallest absolute Gasteiger partial charge is 0.407 e. The Morgan fingerprint density at radius 1 is 1.33 bits per heavy atom. The van der Waals surface area contributed by atoms with Crippen molar-refractivity contribution in [1.82, 2.24) is 5.32 Å². The molecule has 0 fully saturated rings. The molecule has 1 aromatic rings. The third-order valence-electron chi connectivity index (χ3n) is 2.47. The predicted molar refractivity (Wildman–Crippen MR) is 66.4 cm³/mol. The van der Waals surface area contributed by atoms with Gasteiger partial charge in [0.05, 0.1) is 6.42 Å². The van der Waals surface area contributed by atoms with Gasteiger partial charge < -0.3 is 15.2 Å². The molecule has 0 bridgehead atoms. The number of carboxylic acids is 1. The van der Waals surface area contributed by atoms with Crippen LogP contribution >= 0.6 is 0 Å². The molecule has 98 valence electrons. The Bertz CT molecular complexity index is 443. The van der Waals surface area contributed by atoms with Crippen molar-refractivity contribution in [3.8, 4) is 0 Å². The topological polar surface area (TPSA) is 75.6 Å². The summed E-state index contributed by atoms with van der Waals surface area (Å²) in [6, 6.07) is 5.92. The number of hydrogen-bond donors (Lipinski definition) is 2. The number of carbonyl (C=O) groups is 2. The van der Waals surface area contributed by atoms with E-state index in [4.69, 9.17) is 9.84 Å². The Morgan fingerprint density at radius 3 is 2.72 bits per heavy atom. The first-order chi connectivity index (χ1) is 8.49. The van der Waals surface area contributed by atoms with E-state index in [9.17, 15) is 9.59 Å². The molecule has 5 nitrogen and oxygen atoms in total. The van der Waals surface area contributed by atoms with Crippen LogP contribution in [0.2, 0.25) is 0 Å². The van der Waals surface area contributed by atoms with Gasteiger partial charge in [0.25, 0.3) is 0 Å². The highest BCUT2D eigenvalue weighted by Crippen LogP contribution is 2.11. The number of carbonyl (C=O) groups excluding carboxylic acids is 1. The molecule has 0 atom stereocenters. The normalized spacial score (nSPS) is 9.89. The third kappa shape index (κ3) is 4.86. The van der Waals surface area contributed by atoms with Crippen LogP contribution in [-0.2, 0) is 16.1 Å². The maximum Gasteiger partial charge on any atom is 0.407 e. The van der Waals surface area contributed by atoms with Gasteiger partial charge in [-0.1, -0.05) is 23.8 Å². The van der Waals surface area contributed by atoms with Crippen molar-refractivity contribution < 1.29 is 19.4 Å². The number of rotatable bonds is 5. The van der Waals surface area contributed by atoms with Gasteiger partial charge in [-0.15, -0.1) is 0 Å². The number of aryl methyl sites for hydroxylation is 2. The fourth-order valence-corrected chi connectivity index (χ4v) is 1.42. The fraction of sp³-hybridized carbons (Fsp3) is 0.385. The number of benzene rings is 1. The van der Waals surface area contributed by atoms with Gasteiger partial charge in [-0.25, -0.2) is 4.79 Å². The third-order valence-corrected chi connectivity index (χ3v) is 2.47. The second-order valence-corrected chi connectivity index (χ2v) is 4.08. The Morgan fingerprint density at radius 2 is 2.06 bits per heavy atom. The zero-order chi connectivity index (χ0) is 13.5. The number of aliphatic carboxylic acids is 1. The molecule has 0 heterocycles.